The van der Waals surface area contributed by atoms with Gasteiger partial charge < -0.3 is 5.11 Å². The normalized spacial score (nSPS) is 13.8. The first kappa shape index (κ1) is 20.3. The highest BCUT2D eigenvalue weighted by molar-refractivity contribution is 8.11. The number of aromatic hydroxyl groups is 1. The highest BCUT2D eigenvalue weighted by Crippen LogP contribution is 2.40. The molecular weight excluding hydrogens is 392 g/mol. The SMILES string of the molecule is Cc1cc(N(S(=O)(=O)C(F)(F)F)S(=O)(=O)C(F)(F)F)cc(C)c1O. The van der Waals surface area contributed by atoms with Crippen LogP contribution in [-0.2, 0) is 20.0 Å². The lowest BCUT2D eigenvalue weighted by Gasteiger charge is -2.26. The monoisotopic (exact) mass is 401 g/mol. The van der Waals surface area contributed by atoms with Crippen molar-refractivity contribution in [2.75, 3.05) is 3.71 Å². The number of benzene rings is 1. The number of anilines is 1. The maximum atomic E-state index is 12.7. The molecule has 0 aliphatic rings. The van der Waals surface area contributed by atoms with Gasteiger partial charge in [0.2, 0.25) is 0 Å². The minimum Gasteiger partial charge on any atom is -0.507 e. The molecule has 0 atom stereocenters. The van der Waals surface area contributed by atoms with Gasteiger partial charge in [-0.25, -0.2) is 0 Å². The molecule has 0 aromatic heterocycles. The molecule has 0 saturated heterocycles. The van der Waals surface area contributed by atoms with Gasteiger partial charge in [0, 0.05) is 0 Å². The molecule has 0 aliphatic heterocycles. The molecule has 0 heterocycles. The molecule has 0 bridgehead atoms. The van der Waals surface area contributed by atoms with Crippen LogP contribution < -0.4 is 3.71 Å². The van der Waals surface area contributed by atoms with Gasteiger partial charge in [0.25, 0.3) is 0 Å². The van der Waals surface area contributed by atoms with E-state index in [1.807, 2.05) is 0 Å². The van der Waals surface area contributed by atoms with Gasteiger partial charge in [-0.1, -0.05) is 0 Å². The molecule has 0 amide bonds. The first-order chi connectivity index (χ1) is 10.4. The number of phenolic OH excluding ortho intramolecular Hbond substituents is 1. The fourth-order valence-electron chi connectivity index (χ4n) is 1.63. The Kier molecular flexibility index (Phi) is 4.82. The van der Waals surface area contributed by atoms with E-state index in [1.54, 1.807) is 0 Å². The summed E-state index contributed by atoms with van der Waals surface area (Å²) in [7, 11) is -13.9. The summed E-state index contributed by atoms with van der Waals surface area (Å²) in [5.74, 6) is -0.549. The zero-order valence-electron chi connectivity index (χ0n) is 11.8. The topological polar surface area (TPSA) is 91.8 Å². The molecule has 0 fully saturated rings. The molecule has 1 N–H and O–H groups in total. The summed E-state index contributed by atoms with van der Waals surface area (Å²) in [6.07, 6.45) is 0. The second-order valence-corrected chi connectivity index (χ2v) is 8.31. The van der Waals surface area contributed by atoms with E-state index in [0.29, 0.717) is 12.1 Å². The van der Waals surface area contributed by atoms with E-state index in [4.69, 9.17) is 0 Å². The second-order valence-electron chi connectivity index (χ2n) is 4.53. The predicted octanol–water partition coefficient (Wildman–Crippen LogP) is 2.51. The molecule has 138 valence electrons. The summed E-state index contributed by atoms with van der Waals surface area (Å²) < 4.78 is 120. The smallest absolute Gasteiger partial charge is 0.507 e. The van der Waals surface area contributed by atoms with Crippen LogP contribution in [0.2, 0.25) is 0 Å². The van der Waals surface area contributed by atoms with Crippen molar-refractivity contribution in [1.82, 2.24) is 0 Å². The molecule has 6 nitrogen and oxygen atoms in total. The van der Waals surface area contributed by atoms with Crippen molar-refractivity contribution in [3.8, 4) is 5.75 Å². The minimum absolute atomic E-state index is 0.329. The maximum Gasteiger partial charge on any atom is 0.517 e. The third kappa shape index (κ3) is 3.24. The van der Waals surface area contributed by atoms with Crippen molar-refractivity contribution in [2.45, 2.75) is 24.9 Å². The van der Waals surface area contributed by atoms with E-state index in [1.165, 1.54) is 0 Å². The van der Waals surface area contributed by atoms with E-state index in [0.717, 1.165) is 13.8 Å². The fourth-order valence-corrected chi connectivity index (χ4v) is 4.32. The number of hydrogen-bond donors (Lipinski definition) is 1. The molecule has 14 heteroatoms. The third-order valence-electron chi connectivity index (χ3n) is 2.71. The summed E-state index contributed by atoms with van der Waals surface area (Å²) in [6.45, 7) is 2.06. The first-order valence-corrected chi connectivity index (χ1v) is 8.56. The molecule has 0 spiro atoms. The Hall–Kier alpha value is -1.70. The van der Waals surface area contributed by atoms with Crippen molar-refractivity contribution in [1.29, 1.82) is 0 Å². The Bertz CT molecular complexity index is 790. The zero-order chi connectivity index (χ0) is 19.3. The van der Waals surface area contributed by atoms with Gasteiger partial charge in [-0.05, 0) is 37.1 Å². The molecule has 1 aromatic carbocycles. The molecule has 1 rings (SSSR count). The standard InChI is InChI=1S/C10H9F6NO5S2/c1-5-3-7(4-6(2)8(5)18)17(23(19,20)9(11,12)13)24(21,22)10(14,15)16/h3-4,18H,1-2H3. The molecule has 0 radical (unpaired) electrons. The average Bonchev–Trinajstić information content (AvgIpc) is 2.32. The Labute approximate surface area is 132 Å². The van der Waals surface area contributed by atoms with E-state index in [-0.39, 0.29) is 11.1 Å². The number of rotatable bonds is 3. The summed E-state index contributed by atoms with van der Waals surface area (Å²) >= 11 is 0. The van der Waals surface area contributed by atoms with E-state index in [2.05, 4.69) is 0 Å². The molecule has 0 saturated carbocycles. The van der Waals surface area contributed by atoms with Gasteiger partial charge >= 0.3 is 31.1 Å². The van der Waals surface area contributed by atoms with Crippen molar-refractivity contribution in [3.05, 3.63) is 23.3 Å². The number of aryl methyl sites for hydroxylation is 2. The van der Waals surface area contributed by atoms with Crippen LogP contribution in [-0.4, -0.2) is 33.0 Å². The van der Waals surface area contributed by atoms with E-state index >= 15 is 0 Å². The number of halogens is 6. The maximum absolute atomic E-state index is 12.7. The Morgan fingerprint density at radius 1 is 0.833 bits per heavy atom. The van der Waals surface area contributed by atoms with Crippen LogP contribution in [0.15, 0.2) is 12.1 Å². The summed E-state index contributed by atoms with van der Waals surface area (Å²) in [6, 6.07) is 0.740. The molecule has 24 heavy (non-hydrogen) atoms. The molecule has 1 aromatic rings. The Morgan fingerprint density at radius 2 is 1.12 bits per heavy atom. The molecule has 0 aliphatic carbocycles. The van der Waals surface area contributed by atoms with Crippen LogP contribution >= 0.6 is 0 Å². The van der Waals surface area contributed by atoms with Gasteiger partial charge in [0.05, 0.1) is 5.69 Å². The summed E-state index contributed by atoms with van der Waals surface area (Å²) in [5.41, 5.74) is -14.7. The quantitative estimate of drug-likeness (QED) is 0.786. The summed E-state index contributed by atoms with van der Waals surface area (Å²) in [5, 5.41) is 9.48. The van der Waals surface area contributed by atoms with Crippen molar-refractivity contribution in [3.63, 3.8) is 0 Å². The predicted molar refractivity (Wildman–Crippen MR) is 70.0 cm³/mol. The highest BCUT2D eigenvalue weighted by atomic mass is 32.3. The third-order valence-corrected chi connectivity index (χ3v) is 6.35. The van der Waals surface area contributed by atoms with Crippen molar-refractivity contribution >= 4 is 25.7 Å². The highest BCUT2D eigenvalue weighted by Gasteiger charge is 2.61. The number of phenols is 1. The second kappa shape index (κ2) is 5.68. The first-order valence-electron chi connectivity index (χ1n) is 5.68. The van der Waals surface area contributed by atoms with Gasteiger partial charge in [0.15, 0.2) is 0 Å². The average molecular weight is 401 g/mol. The van der Waals surface area contributed by atoms with Crippen LogP contribution in [0.5, 0.6) is 5.75 Å². The summed E-state index contributed by atoms with van der Waals surface area (Å²) in [4.78, 5) is 0. The van der Waals surface area contributed by atoms with Gasteiger partial charge in [-0.15, -0.1) is 3.71 Å². The molecule has 0 unspecified atom stereocenters. The fraction of sp³-hybridized carbons (Fsp3) is 0.400. The zero-order valence-corrected chi connectivity index (χ0v) is 13.4. The van der Waals surface area contributed by atoms with Crippen LogP contribution in [0.3, 0.4) is 0 Å². The number of sulfonamides is 2. The van der Waals surface area contributed by atoms with E-state index in [9.17, 15) is 48.3 Å². The largest absolute Gasteiger partial charge is 0.517 e. The molecular formula is C10H9F6NO5S2. The van der Waals surface area contributed by atoms with Crippen LogP contribution in [0.25, 0.3) is 0 Å². The lowest BCUT2D eigenvalue weighted by molar-refractivity contribution is -0.0462. The van der Waals surface area contributed by atoms with Crippen LogP contribution in [0.4, 0.5) is 32.0 Å². The number of nitrogens with zero attached hydrogens (tertiary/aromatic N) is 1. The van der Waals surface area contributed by atoms with Gasteiger partial charge in [-0.3, -0.25) is 0 Å². The van der Waals surface area contributed by atoms with Crippen LogP contribution in [0, 0.1) is 13.8 Å². The Morgan fingerprint density at radius 3 is 1.38 bits per heavy atom. The van der Waals surface area contributed by atoms with Gasteiger partial charge in [0.1, 0.15) is 5.75 Å². The number of hydrogen-bond acceptors (Lipinski definition) is 5. The van der Waals surface area contributed by atoms with Gasteiger partial charge in [-0.2, -0.15) is 43.2 Å². The Balaban J connectivity index is 3.91. The van der Waals surface area contributed by atoms with Crippen molar-refractivity contribution in [2.24, 2.45) is 0 Å². The minimum atomic E-state index is -6.94. The lowest BCUT2D eigenvalue weighted by Crippen LogP contribution is -2.49. The van der Waals surface area contributed by atoms with E-state index < -0.39 is 46.2 Å². The van der Waals surface area contributed by atoms with Crippen LogP contribution in [0.1, 0.15) is 11.1 Å². The number of alkyl halides is 6. The lowest BCUT2D eigenvalue weighted by atomic mass is 10.1. The van der Waals surface area contributed by atoms with Crippen molar-refractivity contribution < 1.29 is 48.3 Å².